The SMILES string of the molecule is CNc1ccc(-c2ccc(C(=O)NC3(C(=O)OC)CCCCC3)cc2C(=O)OC(C)(C)C)c(C(=O)Nc2cccc(C(N)=O)c2)c1. The molecule has 0 aliphatic heterocycles. The van der Waals surface area contributed by atoms with Crippen LogP contribution in [0.25, 0.3) is 11.1 Å². The monoisotopic (exact) mass is 628 g/mol. The summed E-state index contributed by atoms with van der Waals surface area (Å²) in [7, 11) is 3.00. The lowest BCUT2D eigenvalue weighted by Crippen LogP contribution is -2.56. The molecule has 0 atom stereocenters. The highest BCUT2D eigenvalue weighted by Crippen LogP contribution is 2.34. The van der Waals surface area contributed by atoms with Gasteiger partial charge in [-0.15, -0.1) is 0 Å². The summed E-state index contributed by atoms with van der Waals surface area (Å²) in [5, 5.41) is 8.70. The molecule has 0 bridgehead atoms. The number of carbonyl (C=O) groups excluding carboxylic acids is 5. The molecule has 1 aliphatic rings. The molecule has 1 aliphatic carbocycles. The third-order valence-corrected chi connectivity index (χ3v) is 7.78. The number of hydrogen-bond acceptors (Lipinski definition) is 8. The largest absolute Gasteiger partial charge is 0.467 e. The zero-order valence-corrected chi connectivity index (χ0v) is 26.7. The van der Waals surface area contributed by atoms with Gasteiger partial charge in [-0.3, -0.25) is 14.4 Å². The quantitative estimate of drug-likeness (QED) is 0.232. The molecule has 11 heteroatoms. The van der Waals surface area contributed by atoms with Crippen LogP contribution in [0.4, 0.5) is 11.4 Å². The molecule has 0 radical (unpaired) electrons. The maximum atomic E-state index is 13.7. The first kappa shape index (κ1) is 33.7. The van der Waals surface area contributed by atoms with E-state index in [9.17, 15) is 24.0 Å². The maximum Gasteiger partial charge on any atom is 0.339 e. The summed E-state index contributed by atoms with van der Waals surface area (Å²) in [4.78, 5) is 65.4. The highest BCUT2D eigenvalue weighted by molar-refractivity contribution is 6.12. The Morgan fingerprint density at radius 2 is 1.46 bits per heavy atom. The van der Waals surface area contributed by atoms with Crippen LogP contribution < -0.4 is 21.7 Å². The summed E-state index contributed by atoms with van der Waals surface area (Å²) >= 11 is 0. The summed E-state index contributed by atoms with van der Waals surface area (Å²) in [5.41, 5.74) is 5.77. The summed E-state index contributed by atoms with van der Waals surface area (Å²) in [6.45, 7) is 5.18. The number of esters is 2. The van der Waals surface area contributed by atoms with Gasteiger partial charge in [-0.25, -0.2) is 9.59 Å². The standard InChI is InChI=1S/C35H40N4O7/c1-34(2,3)46-32(43)28-19-22(30(41)39-35(33(44)45-5)16-7-6-8-17-35)12-14-26(28)25-15-13-23(37-4)20-27(25)31(42)38-24-11-9-10-21(18-24)29(36)40/h9-15,18-20,37H,6-8,16-17H2,1-5H3,(H2,36,40)(H,38,42)(H,39,41). The van der Waals surface area contributed by atoms with Crippen molar-refractivity contribution in [3.8, 4) is 11.1 Å². The van der Waals surface area contributed by atoms with Crippen molar-refractivity contribution in [1.29, 1.82) is 0 Å². The summed E-state index contributed by atoms with van der Waals surface area (Å²) in [6, 6.07) is 15.8. The first-order valence-corrected chi connectivity index (χ1v) is 15.1. The van der Waals surface area contributed by atoms with Crippen LogP contribution >= 0.6 is 0 Å². The lowest BCUT2D eigenvalue weighted by atomic mass is 9.81. The van der Waals surface area contributed by atoms with E-state index in [1.165, 1.54) is 31.4 Å². The maximum absolute atomic E-state index is 13.7. The molecule has 0 unspecified atom stereocenters. The van der Waals surface area contributed by atoms with Crippen LogP contribution in [-0.2, 0) is 14.3 Å². The normalized spacial score (nSPS) is 14.0. The van der Waals surface area contributed by atoms with E-state index in [-0.39, 0.29) is 22.3 Å². The Morgan fingerprint density at radius 1 is 0.783 bits per heavy atom. The minimum absolute atomic E-state index is 0.0559. The number of rotatable bonds is 9. The fourth-order valence-corrected chi connectivity index (χ4v) is 5.51. The van der Waals surface area contributed by atoms with Crippen LogP contribution in [0.1, 0.15) is 94.3 Å². The molecule has 11 nitrogen and oxygen atoms in total. The van der Waals surface area contributed by atoms with E-state index in [1.807, 2.05) is 0 Å². The van der Waals surface area contributed by atoms with Crippen LogP contribution in [0.15, 0.2) is 60.7 Å². The molecule has 5 N–H and O–H groups in total. The van der Waals surface area contributed by atoms with Crippen molar-refractivity contribution >= 4 is 41.0 Å². The van der Waals surface area contributed by atoms with Crippen LogP contribution in [0.2, 0.25) is 0 Å². The van der Waals surface area contributed by atoms with Crippen molar-refractivity contribution in [2.45, 2.75) is 64.0 Å². The van der Waals surface area contributed by atoms with E-state index in [2.05, 4.69) is 16.0 Å². The number of ether oxygens (including phenoxy) is 2. The molecule has 1 fully saturated rings. The van der Waals surface area contributed by atoms with Gasteiger partial charge in [0.2, 0.25) is 5.91 Å². The number of nitrogens with two attached hydrogens (primary N) is 1. The number of benzene rings is 3. The predicted molar refractivity (Wildman–Crippen MR) is 175 cm³/mol. The number of anilines is 2. The predicted octanol–water partition coefficient (Wildman–Crippen LogP) is 5.31. The Bertz CT molecular complexity index is 1670. The van der Waals surface area contributed by atoms with Crippen molar-refractivity contribution in [3.63, 3.8) is 0 Å². The lowest BCUT2D eigenvalue weighted by molar-refractivity contribution is -0.149. The first-order chi connectivity index (χ1) is 21.8. The molecular weight excluding hydrogens is 588 g/mol. The molecule has 0 saturated heterocycles. The Morgan fingerprint density at radius 3 is 2.09 bits per heavy atom. The molecular formula is C35H40N4O7. The fraction of sp³-hybridized carbons (Fsp3) is 0.343. The van der Waals surface area contributed by atoms with E-state index in [4.69, 9.17) is 15.2 Å². The fourth-order valence-electron chi connectivity index (χ4n) is 5.51. The van der Waals surface area contributed by atoms with E-state index in [0.717, 1.165) is 19.3 Å². The second kappa shape index (κ2) is 13.8. The number of hydrogen-bond donors (Lipinski definition) is 4. The van der Waals surface area contributed by atoms with Gasteiger partial charge in [0, 0.05) is 35.1 Å². The third-order valence-electron chi connectivity index (χ3n) is 7.78. The Balaban J connectivity index is 1.80. The number of nitrogens with one attached hydrogen (secondary N) is 3. The van der Waals surface area contributed by atoms with Crippen molar-refractivity contribution in [2.24, 2.45) is 5.73 Å². The van der Waals surface area contributed by atoms with Crippen LogP contribution in [0, 0.1) is 0 Å². The van der Waals surface area contributed by atoms with Gasteiger partial charge in [-0.1, -0.05) is 37.5 Å². The van der Waals surface area contributed by atoms with Crippen molar-refractivity contribution < 1.29 is 33.4 Å². The second-order valence-electron chi connectivity index (χ2n) is 12.3. The minimum Gasteiger partial charge on any atom is -0.467 e. The zero-order valence-electron chi connectivity index (χ0n) is 26.7. The Hall–Kier alpha value is -5.19. The van der Waals surface area contributed by atoms with E-state index in [1.54, 1.807) is 64.2 Å². The molecule has 3 amide bonds. The van der Waals surface area contributed by atoms with Gasteiger partial charge >= 0.3 is 11.9 Å². The Labute approximate surface area is 268 Å². The van der Waals surface area contributed by atoms with Gasteiger partial charge in [0.25, 0.3) is 11.8 Å². The van der Waals surface area contributed by atoms with Gasteiger partial charge in [-0.2, -0.15) is 0 Å². The smallest absolute Gasteiger partial charge is 0.339 e. The summed E-state index contributed by atoms with van der Waals surface area (Å²) in [6.07, 6.45) is 3.36. The summed E-state index contributed by atoms with van der Waals surface area (Å²) in [5.74, 6) is -2.90. The van der Waals surface area contributed by atoms with E-state index in [0.29, 0.717) is 35.3 Å². The highest BCUT2D eigenvalue weighted by atomic mass is 16.6. The number of methoxy groups -OCH3 is 1. The van der Waals surface area contributed by atoms with Gasteiger partial charge in [0.05, 0.1) is 12.7 Å². The molecule has 46 heavy (non-hydrogen) atoms. The Kier molecular flexibility index (Phi) is 10.1. The molecule has 3 aromatic carbocycles. The lowest BCUT2D eigenvalue weighted by Gasteiger charge is -2.35. The van der Waals surface area contributed by atoms with Crippen molar-refractivity contribution in [3.05, 3.63) is 82.9 Å². The minimum atomic E-state index is -1.16. The average molecular weight is 629 g/mol. The summed E-state index contributed by atoms with van der Waals surface area (Å²) < 4.78 is 10.8. The van der Waals surface area contributed by atoms with Crippen LogP contribution in [-0.4, -0.2) is 55.0 Å². The molecule has 0 aromatic heterocycles. The molecule has 0 heterocycles. The highest BCUT2D eigenvalue weighted by Gasteiger charge is 2.42. The number of primary amides is 1. The molecule has 4 rings (SSSR count). The second-order valence-corrected chi connectivity index (χ2v) is 12.3. The average Bonchev–Trinajstić information content (AvgIpc) is 3.03. The van der Waals surface area contributed by atoms with Crippen molar-refractivity contribution in [1.82, 2.24) is 5.32 Å². The van der Waals surface area contributed by atoms with Gasteiger partial charge in [0.1, 0.15) is 11.1 Å². The first-order valence-electron chi connectivity index (χ1n) is 15.1. The van der Waals surface area contributed by atoms with E-state index >= 15 is 0 Å². The van der Waals surface area contributed by atoms with Crippen LogP contribution in [0.5, 0.6) is 0 Å². The van der Waals surface area contributed by atoms with Gasteiger partial charge in [-0.05, 0) is 87.2 Å². The molecule has 1 saturated carbocycles. The zero-order chi connectivity index (χ0) is 33.6. The number of amides is 3. The van der Waals surface area contributed by atoms with Gasteiger partial charge in [0.15, 0.2) is 0 Å². The number of carbonyl (C=O) groups is 5. The van der Waals surface area contributed by atoms with E-state index < -0.39 is 40.8 Å². The molecule has 0 spiro atoms. The molecule has 242 valence electrons. The molecule has 3 aromatic rings. The third kappa shape index (κ3) is 7.71. The topological polar surface area (TPSA) is 166 Å². The van der Waals surface area contributed by atoms with Crippen LogP contribution in [0.3, 0.4) is 0 Å². The van der Waals surface area contributed by atoms with Gasteiger partial charge < -0.3 is 31.2 Å². The van der Waals surface area contributed by atoms with Crippen molar-refractivity contribution in [2.75, 3.05) is 24.8 Å².